The van der Waals surface area contributed by atoms with Crippen LogP contribution in [0, 0.1) is 12.3 Å². The standard InChI is InChI=1S/C7H11NO3/c1-2-7(10)8-3-5-11-6-4-9/h1,9H,3-6H2,(H,8,10). The summed E-state index contributed by atoms with van der Waals surface area (Å²) in [6.45, 7) is 1.02. The number of terminal acetylenes is 1. The summed E-state index contributed by atoms with van der Waals surface area (Å²) in [5, 5.41) is 10.7. The molecule has 0 unspecified atom stereocenters. The van der Waals surface area contributed by atoms with Crippen LogP contribution in [0.5, 0.6) is 0 Å². The van der Waals surface area contributed by atoms with Gasteiger partial charge in [0.15, 0.2) is 0 Å². The number of carbonyl (C=O) groups excluding carboxylic acids is 1. The molecule has 11 heavy (non-hydrogen) atoms. The van der Waals surface area contributed by atoms with Gasteiger partial charge in [0.1, 0.15) is 0 Å². The number of carbonyl (C=O) groups is 1. The average molecular weight is 157 g/mol. The normalized spacial score (nSPS) is 8.73. The first-order valence-electron chi connectivity index (χ1n) is 3.24. The van der Waals surface area contributed by atoms with E-state index >= 15 is 0 Å². The lowest BCUT2D eigenvalue weighted by Gasteiger charge is -2.01. The molecule has 0 radical (unpaired) electrons. The van der Waals surface area contributed by atoms with Crippen molar-refractivity contribution in [2.24, 2.45) is 0 Å². The molecule has 0 heterocycles. The Morgan fingerprint density at radius 2 is 2.36 bits per heavy atom. The van der Waals surface area contributed by atoms with Gasteiger partial charge in [-0.1, -0.05) is 0 Å². The fraction of sp³-hybridized carbons (Fsp3) is 0.571. The number of rotatable bonds is 5. The molecule has 4 heteroatoms. The maximum absolute atomic E-state index is 10.4. The molecule has 0 saturated heterocycles. The van der Waals surface area contributed by atoms with Crippen LogP contribution in [-0.2, 0) is 9.53 Å². The number of aliphatic hydroxyl groups is 1. The molecule has 0 bridgehead atoms. The molecule has 1 amide bonds. The molecule has 0 atom stereocenters. The van der Waals surface area contributed by atoms with E-state index < -0.39 is 5.91 Å². The van der Waals surface area contributed by atoms with Crippen LogP contribution in [0.15, 0.2) is 0 Å². The van der Waals surface area contributed by atoms with Crippen LogP contribution >= 0.6 is 0 Å². The smallest absolute Gasteiger partial charge is 0.295 e. The average Bonchev–Trinajstić information content (AvgIpc) is 2.04. The Kier molecular flexibility index (Phi) is 6.39. The van der Waals surface area contributed by atoms with Gasteiger partial charge >= 0.3 is 0 Å². The Hall–Kier alpha value is -1.05. The number of aliphatic hydroxyl groups excluding tert-OH is 1. The lowest BCUT2D eigenvalue weighted by Crippen LogP contribution is -2.25. The third-order valence-corrected chi connectivity index (χ3v) is 0.899. The van der Waals surface area contributed by atoms with Gasteiger partial charge < -0.3 is 15.2 Å². The number of ether oxygens (including phenoxy) is 1. The van der Waals surface area contributed by atoms with E-state index in [2.05, 4.69) is 5.32 Å². The Bertz CT molecular complexity index is 150. The van der Waals surface area contributed by atoms with E-state index in [1.165, 1.54) is 0 Å². The van der Waals surface area contributed by atoms with Crippen molar-refractivity contribution in [3.8, 4) is 12.3 Å². The second-order valence-corrected chi connectivity index (χ2v) is 1.74. The van der Waals surface area contributed by atoms with Crippen LogP contribution in [0.4, 0.5) is 0 Å². The molecule has 0 spiro atoms. The van der Waals surface area contributed by atoms with Gasteiger partial charge in [-0.2, -0.15) is 0 Å². The summed E-state index contributed by atoms with van der Waals surface area (Å²) in [4.78, 5) is 10.4. The van der Waals surface area contributed by atoms with E-state index in [0.717, 1.165) is 0 Å². The first-order valence-corrected chi connectivity index (χ1v) is 3.24. The molecule has 0 aliphatic rings. The zero-order valence-electron chi connectivity index (χ0n) is 6.17. The summed E-state index contributed by atoms with van der Waals surface area (Å²) < 4.78 is 4.84. The zero-order chi connectivity index (χ0) is 8.53. The Balaban J connectivity index is 3.03. The van der Waals surface area contributed by atoms with Gasteiger partial charge in [0.25, 0.3) is 5.91 Å². The van der Waals surface area contributed by atoms with Crippen LogP contribution in [-0.4, -0.2) is 37.4 Å². The topological polar surface area (TPSA) is 58.6 Å². The maximum atomic E-state index is 10.4. The van der Waals surface area contributed by atoms with Gasteiger partial charge in [-0.3, -0.25) is 4.79 Å². The summed E-state index contributed by atoms with van der Waals surface area (Å²) in [6.07, 6.45) is 4.77. The van der Waals surface area contributed by atoms with Crippen molar-refractivity contribution in [3.05, 3.63) is 0 Å². The molecular weight excluding hydrogens is 146 g/mol. The quantitative estimate of drug-likeness (QED) is 0.387. The molecule has 62 valence electrons. The molecule has 0 aliphatic heterocycles. The number of hydrogen-bond donors (Lipinski definition) is 2. The first kappa shape index (κ1) is 9.95. The maximum Gasteiger partial charge on any atom is 0.295 e. The van der Waals surface area contributed by atoms with Gasteiger partial charge in [0.2, 0.25) is 0 Å². The van der Waals surface area contributed by atoms with Crippen molar-refractivity contribution in [2.45, 2.75) is 0 Å². The fourth-order valence-corrected chi connectivity index (χ4v) is 0.454. The summed E-state index contributed by atoms with van der Waals surface area (Å²) in [7, 11) is 0. The second kappa shape index (κ2) is 7.06. The Morgan fingerprint density at radius 1 is 1.64 bits per heavy atom. The first-order chi connectivity index (χ1) is 5.31. The molecule has 0 aromatic rings. The minimum Gasteiger partial charge on any atom is -0.394 e. The number of amides is 1. The molecule has 4 nitrogen and oxygen atoms in total. The molecular formula is C7H11NO3. The second-order valence-electron chi connectivity index (χ2n) is 1.74. The van der Waals surface area contributed by atoms with E-state index in [1.807, 2.05) is 5.92 Å². The minimum atomic E-state index is -0.447. The van der Waals surface area contributed by atoms with Gasteiger partial charge in [-0.25, -0.2) is 0 Å². The fourth-order valence-electron chi connectivity index (χ4n) is 0.454. The number of hydrogen-bond acceptors (Lipinski definition) is 3. The number of nitrogens with one attached hydrogen (secondary N) is 1. The van der Waals surface area contributed by atoms with Gasteiger partial charge in [0.05, 0.1) is 19.8 Å². The van der Waals surface area contributed by atoms with E-state index in [4.69, 9.17) is 16.3 Å². The van der Waals surface area contributed by atoms with Crippen LogP contribution in [0.3, 0.4) is 0 Å². The third-order valence-electron chi connectivity index (χ3n) is 0.899. The highest BCUT2D eigenvalue weighted by Crippen LogP contribution is 1.71. The van der Waals surface area contributed by atoms with E-state index in [-0.39, 0.29) is 13.2 Å². The highest BCUT2D eigenvalue weighted by molar-refractivity contribution is 5.92. The lowest BCUT2D eigenvalue weighted by atomic mass is 10.6. The SMILES string of the molecule is C#CC(=O)NCCOCCO. The van der Waals surface area contributed by atoms with Crippen molar-refractivity contribution in [1.29, 1.82) is 0 Å². The van der Waals surface area contributed by atoms with E-state index in [9.17, 15) is 4.79 Å². The van der Waals surface area contributed by atoms with Crippen molar-refractivity contribution >= 4 is 5.91 Å². The van der Waals surface area contributed by atoms with Crippen LogP contribution in [0.2, 0.25) is 0 Å². The molecule has 0 aromatic carbocycles. The Morgan fingerprint density at radius 3 is 2.91 bits per heavy atom. The summed E-state index contributed by atoms with van der Waals surface area (Å²) in [6, 6.07) is 0. The van der Waals surface area contributed by atoms with Crippen LogP contribution in [0.25, 0.3) is 0 Å². The third kappa shape index (κ3) is 6.84. The molecule has 0 fully saturated rings. The summed E-state index contributed by atoms with van der Waals surface area (Å²) in [5.74, 6) is 1.45. The Labute approximate surface area is 65.5 Å². The van der Waals surface area contributed by atoms with E-state index in [1.54, 1.807) is 0 Å². The van der Waals surface area contributed by atoms with Gasteiger partial charge in [-0.05, 0) is 5.92 Å². The summed E-state index contributed by atoms with van der Waals surface area (Å²) in [5.41, 5.74) is 0. The molecule has 0 saturated carbocycles. The van der Waals surface area contributed by atoms with Crippen molar-refractivity contribution in [1.82, 2.24) is 5.32 Å². The minimum absolute atomic E-state index is 0.0108. The van der Waals surface area contributed by atoms with Crippen LogP contribution in [0.1, 0.15) is 0 Å². The van der Waals surface area contributed by atoms with Gasteiger partial charge in [-0.15, -0.1) is 6.42 Å². The molecule has 0 aromatic heterocycles. The zero-order valence-corrected chi connectivity index (χ0v) is 6.17. The molecule has 0 rings (SSSR count). The monoisotopic (exact) mass is 157 g/mol. The predicted molar refractivity (Wildman–Crippen MR) is 39.7 cm³/mol. The van der Waals surface area contributed by atoms with Crippen molar-refractivity contribution in [2.75, 3.05) is 26.4 Å². The highest BCUT2D eigenvalue weighted by atomic mass is 16.5. The van der Waals surface area contributed by atoms with Crippen LogP contribution < -0.4 is 5.32 Å². The lowest BCUT2D eigenvalue weighted by molar-refractivity contribution is -0.115. The van der Waals surface area contributed by atoms with E-state index in [0.29, 0.717) is 13.2 Å². The van der Waals surface area contributed by atoms with Crippen molar-refractivity contribution < 1.29 is 14.6 Å². The molecule has 0 aliphatic carbocycles. The summed E-state index contributed by atoms with van der Waals surface area (Å²) >= 11 is 0. The van der Waals surface area contributed by atoms with Gasteiger partial charge in [0, 0.05) is 6.54 Å². The predicted octanol–water partition coefficient (Wildman–Crippen LogP) is -1.26. The molecule has 2 N–H and O–H groups in total. The highest BCUT2D eigenvalue weighted by Gasteiger charge is 1.91. The van der Waals surface area contributed by atoms with Crippen molar-refractivity contribution in [3.63, 3.8) is 0 Å². The largest absolute Gasteiger partial charge is 0.394 e.